The predicted molar refractivity (Wildman–Crippen MR) is 88.2 cm³/mol. The molecule has 0 atom stereocenters. The lowest BCUT2D eigenvalue weighted by atomic mass is 9.75. The fourth-order valence-electron chi connectivity index (χ4n) is 3.10. The zero-order valence-electron chi connectivity index (χ0n) is 14.1. The second-order valence-corrected chi connectivity index (χ2v) is 7.14. The van der Waals surface area contributed by atoms with E-state index in [1.807, 2.05) is 0 Å². The van der Waals surface area contributed by atoms with E-state index >= 15 is 0 Å². The predicted octanol–water partition coefficient (Wildman–Crippen LogP) is 3.33. The van der Waals surface area contributed by atoms with Crippen molar-refractivity contribution < 1.29 is 19.6 Å². The standard InChI is InChI=1S/C17H22N2O5/c1-17(2)6-4-13(5-7-17)18(3)15(20)11-8-12(16(21)22)10-14(9-11)19(23)24/h8-10,13H,4-7H2,1-3H3,(H,21,22). The third-order valence-corrected chi connectivity index (χ3v) is 4.80. The average Bonchev–Trinajstić information content (AvgIpc) is 2.53. The molecule has 2 rings (SSSR count). The summed E-state index contributed by atoms with van der Waals surface area (Å²) < 4.78 is 0. The number of carboxylic acids is 1. The molecule has 0 aliphatic heterocycles. The van der Waals surface area contributed by atoms with Crippen LogP contribution in [-0.2, 0) is 0 Å². The maximum Gasteiger partial charge on any atom is 0.335 e. The molecule has 130 valence electrons. The molecule has 1 amide bonds. The van der Waals surface area contributed by atoms with Gasteiger partial charge in [-0.2, -0.15) is 0 Å². The van der Waals surface area contributed by atoms with Crippen molar-refractivity contribution in [1.82, 2.24) is 4.90 Å². The molecule has 0 saturated heterocycles. The van der Waals surface area contributed by atoms with Gasteiger partial charge in [0.25, 0.3) is 11.6 Å². The molecule has 1 saturated carbocycles. The molecule has 1 N–H and O–H groups in total. The van der Waals surface area contributed by atoms with Gasteiger partial charge in [-0.15, -0.1) is 0 Å². The summed E-state index contributed by atoms with van der Waals surface area (Å²) in [7, 11) is 1.67. The van der Waals surface area contributed by atoms with E-state index in [1.165, 1.54) is 6.07 Å². The van der Waals surface area contributed by atoms with Gasteiger partial charge >= 0.3 is 5.97 Å². The molecule has 1 fully saturated rings. The number of amides is 1. The zero-order chi connectivity index (χ0) is 18.1. The molecule has 0 bridgehead atoms. The van der Waals surface area contributed by atoms with Gasteiger partial charge in [0.15, 0.2) is 0 Å². The summed E-state index contributed by atoms with van der Waals surface area (Å²) >= 11 is 0. The minimum Gasteiger partial charge on any atom is -0.478 e. The van der Waals surface area contributed by atoms with Crippen LogP contribution in [0.5, 0.6) is 0 Å². The van der Waals surface area contributed by atoms with Gasteiger partial charge < -0.3 is 10.0 Å². The van der Waals surface area contributed by atoms with Crippen LogP contribution >= 0.6 is 0 Å². The third kappa shape index (κ3) is 3.90. The van der Waals surface area contributed by atoms with Gasteiger partial charge in [0.2, 0.25) is 0 Å². The van der Waals surface area contributed by atoms with Crippen molar-refractivity contribution in [3.8, 4) is 0 Å². The Kier molecular flexibility index (Phi) is 4.91. The first-order chi connectivity index (χ1) is 11.1. The number of nitro groups is 1. The monoisotopic (exact) mass is 334 g/mol. The van der Waals surface area contributed by atoms with Gasteiger partial charge in [0.05, 0.1) is 10.5 Å². The lowest BCUT2D eigenvalue weighted by Gasteiger charge is -2.38. The van der Waals surface area contributed by atoms with E-state index in [4.69, 9.17) is 5.11 Å². The first-order valence-corrected chi connectivity index (χ1v) is 7.91. The Morgan fingerprint density at radius 1 is 1.21 bits per heavy atom. The van der Waals surface area contributed by atoms with Crippen LogP contribution in [0.15, 0.2) is 18.2 Å². The second-order valence-electron chi connectivity index (χ2n) is 7.14. The van der Waals surface area contributed by atoms with Crippen molar-refractivity contribution in [1.29, 1.82) is 0 Å². The minimum absolute atomic E-state index is 0.0360. The van der Waals surface area contributed by atoms with Crippen molar-refractivity contribution in [2.24, 2.45) is 5.41 Å². The number of nitrogens with zero attached hydrogens (tertiary/aromatic N) is 2. The van der Waals surface area contributed by atoms with E-state index in [9.17, 15) is 19.7 Å². The molecule has 1 aromatic rings. The van der Waals surface area contributed by atoms with Gasteiger partial charge in [-0.05, 0) is 37.2 Å². The number of hydrogen-bond donors (Lipinski definition) is 1. The highest BCUT2D eigenvalue weighted by Crippen LogP contribution is 2.37. The van der Waals surface area contributed by atoms with Crippen molar-refractivity contribution >= 4 is 17.6 Å². The summed E-state index contributed by atoms with van der Waals surface area (Å²) in [5.74, 6) is -1.68. The Hall–Kier alpha value is -2.44. The number of nitro benzene ring substituents is 1. The van der Waals surface area contributed by atoms with Crippen molar-refractivity contribution in [2.45, 2.75) is 45.6 Å². The van der Waals surface area contributed by atoms with Crippen molar-refractivity contribution in [3.05, 3.63) is 39.4 Å². The highest BCUT2D eigenvalue weighted by molar-refractivity contribution is 5.98. The summed E-state index contributed by atoms with van der Waals surface area (Å²) in [6, 6.07) is 3.36. The smallest absolute Gasteiger partial charge is 0.335 e. The van der Waals surface area contributed by atoms with Crippen LogP contribution in [0.25, 0.3) is 0 Å². The Labute approximate surface area is 140 Å². The molecule has 7 nitrogen and oxygen atoms in total. The fraction of sp³-hybridized carbons (Fsp3) is 0.529. The van der Waals surface area contributed by atoms with Crippen LogP contribution in [0.3, 0.4) is 0 Å². The summed E-state index contributed by atoms with van der Waals surface area (Å²) in [5.41, 5.74) is -0.348. The first kappa shape index (κ1) is 17.9. The molecule has 0 unspecified atom stereocenters. The summed E-state index contributed by atoms with van der Waals surface area (Å²) in [6.45, 7) is 4.40. The molecule has 24 heavy (non-hydrogen) atoms. The minimum atomic E-state index is -1.30. The Balaban J connectivity index is 2.25. The maximum atomic E-state index is 12.7. The third-order valence-electron chi connectivity index (χ3n) is 4.80. The van der Waals surface area contributed by atoms with Crippen LogP contribution in [0, 0.1) is 15.5 Å². The SMILES string of the molecule is CN(C(=O)c1cc(C(=O)O)cc([N+](=O)[O-])c1)C1CCC(C)(C)CC1. The van der Waals surface area contributed by atoms with Gasteiger partial charge in [0, 0.05) is 30.8 Å². The Morgan fingerprint density at radius 2 is 1.75 bits per heavy atom. The van der Waals surface area contributed by atoms with Gasteiger partial charge in [-0.1, -0.05) is 13.8 Å². The number of carboxylic acid groups (broad SMARTS) is 1. The summed E-state index contributed by atoms with van der Waals surface area (Å²) in [4.78, 5) is 35.7. The van der Waals surface area contributed by atoms with Gasteiger partial charge in [0.1, 0.15) is 0 Å². The lowest BCUT2D eigenvalue weighted by Crippen LogP contribution is -2.40. The quantitative estimate of drug-likeness (QED) is 0.672. The van der Waals surface area contributed by atoms with Crippen LogP contribution in [-0.4, -0.2) is 39.9 Å². The van der Waals surface area contributed by atoms with Crippen LogP contribution < -0.4 is 0 Å². The number of hydrogen-bond acceptors (Lipinski definition) is 4. The number of carbonyl (C=O) groups excluding carboxylic acids is 1. The Morgan fingerprint density at radius 3 is 2.25 bits per heavy atom. The number of benzene rings is 1. The molecule has 1 aromatic carbocycles. The molecule has 7 heteroatoms. The number of carbonyl (C=O) groups is 2. The van der Waals surface area contributed by atoms with E-state index < -0.39 is 16.6 Å². The van der Waals surface area contributed by atoms with E-state index in [0.717, 1.165) is 37.8 Å². The highest BCUT2D eigenvalue weighted by Gasteiger charge is 2.31. The number of rotatable bonds is 4. The highest BCUT2D eigenvalue weighted by atomic mass is 16.6. The van der Waals surface area contributed by atoms with Crippen molar-refractivity contribution in [3.63, 3.8) is 0 Å². The number of aromatic carboxylic acids is 1. The van der Waals surface area contributed by atoms with Crippen LogP contribution in [0.1, 0.15) is 60.2 Å². The molecule has 0 radical (unpaired) electrons. The molecular formula is C17H22N2O5. The van der Waals surface area contributed by atoms with E-state index in [0.29, 0.717) is 0 Å². The Bertz CT molecular complexity index is 641. The largest absolute Gasteiger partial charge is 0.478 e. The van der Waals surface area contributed by atoms with Crippen LogP contribution in [0.2, 0.25) is 0 Å². The molecule has 0 aromatic heterocycles. The van der Waals surface area contributed by atoms with E-state index in [-0.39, 0.29) is 28.5 Å². The molecule has 1 aliphatic carbocycles. The van der Waals surface area contributed by atoms with Gasteiger partial charge in [-0.25, -0.2) is 4.79 Å². The van der Waals surface area contributed by atoms with E-state index in [2.05, 4.69) is 13.8 Å². The first-order valence-electron chi connectivity index (χ1n) is 7.91. The average molecular weight is 334 g/mol. The maximum absolute atomic E-state index is 12.7. The molecular weight excluding hydrogens is 312 g/mol. The lowest BCUT2D eigenvalue weighted by molar-refractivity contribution is -0.384. The van der Waals surface area contributed by atoms with Gasteiger partial charge in [-0.3, -0.25) is 14.9 Å². The molecule has 0 spiro atoms. The molecule has 0 heterocycles. The summed E-state index contributed by atoms with van der Waals surface area (Å²) in [6.07, 6.45) is 3.75. The normalized spacial score (nSPS) is 17.3. The summed E-state index contributed by atoms with van der Waals surface area (Å²) in [5, 5.41) is 20.1. The van der Waals surface area contributed by atoms with Crippen LogP contribution in [0.4, 0.5) is 5.69 Å². The molecule has 1 aliphatic rings. The second kappa shape index (κ2) is 6.59. The zero-order valence-corrected chi connectivity index (χ0v) is 14.1. The fourth-order valence-corrected chi connectivity index (χ4v) is 3.10. The number of non-ortho nitro benzene ring substituents is 1. The van der Waals surface area contributed by atoms with Crippen molar-refractivity contribution in [2.75, 3.05) is 7.05 Å². The van der Waals surface area contributed by atoms with E-state index in [1.54, 1.807) is 11.9 Å². The topological polar surface area (TPSA) is 101 Å².